The molecule has 0 amide bonds. The largest absolute Gasteiger partial charge is 2.00 e. The second kappa shape index (κ2) is 28.0. The molecule has 20 rings (SSSR count). The summed E-state index contributed by atoms with van der Waals surface area (Å²) >= 11 is 0. The molecule has 0 saturated heterocycles. The smallest absolute Gasteiger partial charge is 0.346 e. The number of pyridine rings is 4. The van der Waals surface area contributed by atoms with E-state index >= 15 is 0 Å². The first-order valence-electron chi connectivity index (χ1n) is 35.0. The number of nitrogens with zero attached hydrogens (tertiary/aromatic N) is 9. The summed E-state index contributed by atoms with van der Waals surface area (Å²) in [6.45, 7) is 4.69. The number of para-hydroxylation sites is 5. The molecule has 0 unspecified atom stereocenters. The first-order chi connectivity index (χ1) is 51.4. The molecule has 1 aliphatic rings. The van der Waals surface area contributed by atoms with Crippen molar-refractivity contribution >= 4 is 99.5 Å². The van der Waals surface area contributed by atoms with Gasteiger partial charge in [0, 0.05) is 85.3 Å². The van der Waals surface area contributed by atoms with E-state index < -0.39 is 0 Å². The molecule has 508 valence electrons. The van der Waals surface area contributed by atoms with Gasteiger partial charge in [-0.3, -0.25) is 0 Å². The molecular formula is C95H63N9Pt2. The number of aromatic nitrogens is 7. The van der Waals surface area contributed by atoms with E-state index in [0.29, 0.717) is 0 Å². The van der Waals surface area contributed by atoms with Gasteiger partial charge in [0.05, 0.1) is 38.8 Å². The number of anilines is 6. The zero-order valence-electron chi connectivity index (χ0n) is 57.6. The second-order valence-electron chi connectivity index (χ2n) is 26.7. The van der Waals surface area contributed by atoms with E-state index in [4.69, 9.17) is 0 Å². The molecule has 0 aliphatic carbocycles. The van der Waals surface area contributed by atoms with Crippen molar-refractivity contribution in [2.75, 3.05) is 9.80 Å². The summed E-state index contributed by atoms with van der Waals surface area (Å²) in [5.74, 6) is 0. The summed E-state index contributed by atoms with van der Waals surface area (Å²) in [6, 6.07) is 127. The van der Waals surface area contributed by atoms with Gasteiger partial charge >= 0.3 is 42.1 Å². The predicted octanol–water partition coefficient (Wildman–Crippen LogP) is 23.7. The predicted molar refractivity (Wildman–Crippen MR) is 426 cm³/mol. The molecule has 106 heavy (non-hydrogen) atoms. The van der Waals surface area contributed by atoms with E-state index in [1.165, 1.54) is 71.2 Å². The fraction of sp³-hybridized carbons (Fsp3) is 0.0316. The van der Waals surface area contributed by atoms with Gasteiger partial charge in [-0.2, -0.15) is 0 Å². The molecule has 12 aromatic carbocycles. The van der Waals surface area contributed by atoms with Crippen molar-refractivity contribution in [1.29, 1.82) is 0 Å². The summed E-state index contributed by atoms with van der Waals surface area (Å²) in [5, 5.41) is 7.50. The van der Waals surface area contributed by atoms with Crippen LogP contribution in [0.4, 0.5) is 34.1 Å². The van der Waals surface area contributed by atoms with Crippen LogP contribution in [0, 0.1) is 24.3 Å². The van der Waals surface area contributed by atoms with E-state index in [9.17, 15) is 0 Å². The summed E-state index contributed by atoms with van der Waals surface area (Å²) in [5.41, 5.74) is 25.8. The molecule has 0 atom stereocenters. The maximum atomic E-state index is 4.62. The third-order valence-electron chi connectivity index (χ3n) is 20.2. The molecule has 0 fully saturated rings. The summed E-state index contributed by atoms with van der Waals surface area (Å²) in [7, 11) is 0. The average Bonchev–Trinajstić information content (AvgIpc) is 1.58. The van der Waals surface area contributed by atoms with Crippen molar-refractivity contribution in [1.82, 2.24) is 33.6 Å². The molecule has 11 heteroatoms. The monoisotopic (exact) mass is 1720 g/mol. The number of hydrogen-bond acceptors (Lipinski definition) is 6. The van der Waals surface area contributed by atoms with Crippen LogP contribution in [-0.2, 0) is 47.5 Å². The minimum Gasteiger partial charge on any atom is -0.346 e. The van der Waals surface area contributed by atoms with Crippen LogP contribution >= 0.6 is 0 Å². The van der Waals surface area contributed by atoms with Gasteiger partial charge in [0.2, 0.25) is 0 Å². The second-order valence-corrected chi connectivity index (χ2v) is 26.7. The van der Waals surface area contributed by atoms with Crippen LogP contribution in [0.5, 0.6) is 0 Å². The summed E-state index contributed by atoms with van der Waals surface area (Å²) in [6.07, 6.45) is 7.28. The first kappa shape index (κ1) is 66.8. The van der Waals surface area contributed by atoms with Gasteiger partial charge < -0.3 is 43.4 Å². The molecule has 8 heterocycles. The van der Waals surface area contributed by atoms with E-state index in [0.717, 1.165) is 102 Å². The Labute approximate surface area is 643 Å². The van der Waals surface area contributed by atoms with Gasteiger partial charge in [-0.15, -0.1) is 119 Å². The molecule has 0 N–H and O–H groups in total. The SMILES string of the molecule is CC1(C)c2cc(N(c3[c-]c(-c4ccccn4)ccc3)c3[c-]c(-c4ccccn4)ccc3)ccc2-n2c3ccccc3c3cccc1c32.[Pt+2].[Pt+2].[c-]1c(-c2ccccn2)cccc1N(c1[c-]c(-c2ccccn2)ccc1)c1ccc(-n2c3ccccc3c3cc4c5ccccc5n(-c5ccccc5)c4cc32)cc1. The number of benzene rings is 12. The quantitative estimate of drug-likeness (QED) is 0.114. The van der Waals surface area contributed by atoms with Crippen molar-refractivity contribution < 1.29 is 42.1 Å². The molecule has 0 bridgehead atoms. The van der Waals surface area contributed by atoms with Crippen molar-refractivity contribution in [3.8, 4) is 62.1 Å². The van der Waals surface area contributed by atoms with Gasteiger partial charge in [-0.1, -0.05) is 153 Å². The maximum Gasteiger partial charge on any atom is 2.00 e. The van der Waals surface area contributed by atoms with Crippen molar-refractivity contribution in [3.63, 3.8) is 0 Å². The molecule has 1 aliphatic heterocycles. The van der Waals surface area contributed by atoms with Gasteiger partial charge in [0.15, 0.2) is 0 Å². The molecule has 19 aromatic rings. The fourth-order valence-corrected chi connectivity index (χ4v) is 15.4. The molecule has 0 spiro atoms. The minimum absolute atomic E-state index is 0. The Morgan fingerprint density at radius 1 is 0.274 bits per heavy atom. The van der Waals surface area contributed by atoms with Crippen LogP contribution in [0.3, 0.4) is 0 Å². The number of fused-ring (bicyclic) bond motifs is 11. The Kier molecular flexibility index (Phi) is 17.7. The Hall–Kier alpha value is -12.4. The van der Waals surface area contributed by atoms with Crippen LogP contribution in [0.15, 0.2) is 346 Å². The van der Waals surface area contributed by atoms with Gasteiger partial charge in [-0.25, -0.2) is 0 Å². The fourth-order valence-electron chi connectivity index (χ4n) is 15.4. The Morgan fingerprint density at radius 3 is 1.08 bits per heavy atom. The number of rotatable bonds is 12. The Morgan fingerprint density at radius 2 is 0.642 bits per heavy atom. The van der Waals surface area contributed by atoms with Gasteiger partial charge in [-0.05, 0) is 166 Å². The third-order valence-corrected chi connectivity index (χ3v) is 20.2. The van der Waals surface area contributed by atoms with Crippen LogP contribution in [0.1, 0.15) is 25.0 Å². The molecule has 0 radical (unpaired) electrons. The van der Waals surface area contributed by atoms with Crippen LogP contribution in [-0.4, -0.2) is 33.6 Å². The summed E-state index contributed by atoms with van der Waals surface area (Å²) < 4.78 is 7.24. The van der Waals surface area contributed by atoms with E-state index in [1.807, 2.05) is 97.6 Å². The van der Waals surface area contributed by atoms with Crippen molar-refractivity contribution in [2.45, 2.75) is 19.3 Å². The van der Waals surface area contributed by atoms with Crippen LogP contribution < -0.4 is 9.80 Å². The van der Waals surface area contributed by atoms with E-state index in [1.54, 1.807) is 0 Å². The van der Waals surface area contributed by atoms with Gasteiger partial charge in [0.1, 0.15) is 0 Å². The number of hydrogen-bond donors (Lipinski definition) is 0. The van der Waals surface area contributed by atoms with Crippen LogP contribution in [0.2, 0.25) is 0 Å². The average molecular weight is 1720 g/mol. The molecule has 9 nitrogen and oxygen atoms in total. The molecular weight excluding hydrogens is 1660 g/mol. The third kappa shape index (κ3) is 11.7. The Bertz CT molecular complexity index is 6290. The Balaban J connectivity index is 0.000000156. The molecule has 7 aromatic heterocycles. The van der Waals surface area contributed by atoms with Crippen molar-refractivity contribution in [3.05, 3.63) is 382 Å². The maximum absolute atomic E-state index is 4.62. The van der Waals surface area contributed by atoms with Crippen LogP contribution in [0.25, 0.3) is 128 Å². The van der Waals surface area contributed by atoms with Gasteiger partial charge in [0.25, 0.3) is 0 Å². The zero-order valence-corrected chi connectivity index (χ0v) is 62.1. The standard InChI is InChI=1S/C52H33N5.C43H30N4.2Pt/c1-2-16-38(17-3-1)56-49-24-6-4-20-43(49)45-34-46-44-21-5-7-25-50(44)57(52(46)35-51(45)56)40-28-26-39(27-29-40)55(41-18-12-14-36(32-41)47-22-8-10-30-53-47)42-19-13-15-37(33-42)48-23-9-11-31-54-48;1-43(2)36-18-11-17-35-34-16-3-4-21-40(34)47(42(35)36)41-23-22-33(28-37(41)43)46(31-14-9-12-29(26-31)38-19-5-7-24-44-38)32-15-10-13-30(27-32)39-20-6-8-25-45-39;;/h1-31,34-35H;3-25,28H,1-2H3;;/q2*-2;2*+2. The zero-order chi connectivity index (χ0) is 69.2. The van der Waals surface area contributed by atoms with E-state index in [2.05, 4.69) is 330 Å². The molecule has 0 saturated carbocycles. The minimum atomic E-state index is -0.236. The topological polar surface area (TPSA) is 72.8 Å². The van der Waals surface area contributed by atoms with Crippen molar-refractivity contribution in [2.24, 2.45) is 0 Å². The first-order valence-corrected chi connectivity index (χ1v) is 35.0. The van der Waals surface area contributed by atoms with E-state index in [-0.39, 0.29) is 47.5 Å². The normalized spacial score (nSPS) is 12.0. The summed E-state index contributed by atoms with van der Waals surface area (Å²) in [4.78, 5) is 22.9.